The maximum Gasteiger partial charge on any atom is 0.132 e. The number of anilines is 2. The second-order valence-electron chi connectivity index (χ2n) is 18.9. The van der Waals surface area contributed by atoms with Crippen molar-refractivity contribution in [2.75, 3.05) is 36.0 Å². The molecule has 0 saturated carbocycles. The van der Waals surface area contributed by atoms with Gasteiger partial charge in [0.1, 0.15) is 33.5 Å². The fraction of sp³-hybridized carbons (Fsp3) is 0.444. The zero-order chi connectivity index (χ0) is 48.6. The minimum Gasteiger partial charge on any atom is -0.363 e. The maximum atomic E-state index is 5.20. The molecule has 11 aromatic heterocycles. The zero-order valence-electron chi connectivity index (χ0n) is 41.5. The Bertz CT molecular complexity index is 3270. The highest BCUT2D eigenvalue weighted by molar-refractivity contribution is 7.32. The lowest BCUT2D eigenvalue weighted by atomic mass is 9.99. The van der Waals surface area contributed by atoms with E-state index in [1.807, 2.05) is 68.0 Å². The largest absolute Gasteiger partial charge is 0.363 e. The Balaban J connectivity index is 0.937. The van der Waals surface area contributed by atoms with Crippen LogP contribution in [-0.4, -0.2) is 58.2 Å². The van der Waals surface area contributed by atoms with Crippen LogP contribution in [0.1, 0.15) is 119 Å². The molecule has 1 unspecified atom stereocenters. The molecule has 0 amide bonds. The minimum atomic E-state index is 0.589. The molecule has 0 spiro atoms. The van der Waals surface area contributed by atoms with Crippen molar-refractivity contribution >= 4 is 163 Å². The molecule has 1 atom stereocenters. The van der Waals surface area contributed by atoms with Gasteiger partial charge in [0, 0.05) is 84.8 Å². The van der Waals surface area contributed by atoms with Crippen LogP contribution in [-0.2, 0) is 6.54 Å². The van der Waals surface area contributed by atoms with Gasteiger partial charge in [0.25, 0.3) is 0 Å². The van der Waals surface area contributed by atoms with Crippen molar-refractivity contribution in [1.82, 2.24) is 32.0 Å². The van der Waals surface area contributed by atoms with Crippen molar-refractivity contribution in [3.8, 4) is 42.0 Å². The highest BCUT2D eigenvalue weighted by Crippen LogP contribution is 2.50. The van der Waals surface area contributed by atoms with Crippen LogP contribution in [0.5, 0.6) is 0 Å². The topological polar surface area (TPSA) is 88.8 Å². The van der Waals surface area contributed by atoms with Gasteiger partial charge in [-0.25, -0.2) is 0 Å². The molecule has 0 fully saturated rings. The molecule has 370 valence electrons. The lowest BCUT2D eigenvalue weighted by molar-refractivity contribution is 0.401. The summed E-state index contributed by atoms with van der Waals surface area (Å²) in [5.41, 5.74) is 10.2. The average Bonchev–Trinajstić information content (AvgIpc) is 4.23. The van der Waals surface area contributed by atoms with E-state index in [-0.39, 0.29) is 0 Å². The van der Waals surface area contributed by atoms with Crippen molar-refractivity contribution in [3.63, 3.8) is 0 Å². The van der Waals surface area contributed by atoms with Crippen LogP contribution in [0.25, 0.3) is 103 Å². The second-order valence-corrected chi connectivity index (χ2v) is 26.3. The number of hydrogen-bond acceptors (Lipinski definition) is 16. The molecule has 17 heteroatoms. The quantitative estimate of drug-likeness (QED) is 0.0591. The predicted molar refractivity (Wildman–Crippen MR) is 318 cm³/mol. The first kappa shape index (κ1) is 49.3. The van der Waals surface area contributed by atoms with Gasteiger partial charge in [0.15, 0.2) is 0 Å². The molecule has 9 nitrogen and oxygen atoms in total. The van der Waals surface area contributed by atoms with Gasteiger partial charge in [0.2, 0.25) is 0 Å². The number of rotatable bonds is 24. The van der Waals surface area contributed by atoms with Gasteiger partial charge in [-0.2, -0.15) is 17.5 Å². The number of aromatic nitrogens is 7. The standard InChI is InChI=1S/C54H61N9S8/c1-7-13-18-32(12-6)31-63-35-23-37(33-29-55-49(51-47(33)57-70-59-51)43-25-39-41(64-43)27-45(66-39)61(19-14-8-2)20-15-9-3)68-53(35)54-36(63)24-38(69-54)34-30-56-50(52-48(34)58-71-60-52)44-26-40-42(65-44)28-46(67-40)62(21-16-10-4)22-17-11-5/h23-30,32H,7-22,31H2,1-6H3. The SMILES string of the molecule is CCCCC(CC)Cn1c2cc(-c3cnc(-c4cc5sc(N(CCCC)CCCC)cc5s4)c4nsnc34)sc2c2sc(-c3cnc(-c4cc5sc(N(CCCC)CCCC)cc5s4)c4nsnc34)cc21. The van der Waals surface area contributed by atoms with Crippen molar-refractivity contribution in [3.05, 3.63) is 48.8 Å². The summed E-state index contributed by atoms with van der Waals surface area (Å²) in [6, 6.07) is 14.3. The Labute approximate surface area is 448 Å². The molecule has 11 rings (SSSR count). The number of thiophene rings is 6. The van der Waals surface area contributed by atoms with Gasteiger partial charge in [0.05, 0.1) is 63.6 Å². The summed E-state index contributed by atoms with van der Waals surface area (Å²) >= 11 is 13.8. The van der Waals surface area contributed by atoms with Crippen LogP contribution >= 0.6 is 91.5 Å². The molecule has 11 aromatic rings. The van der Waals surface area contributed by atoms with Crippen LogP contribution in [0.2, 0.25) is 0 Å². The number of pyridine rings is 2. The summed E-state index contributed by atoms with van der Waals surface area (Å²) in [6.45, 7) is 19.2. The molecular weight excluding hydrogens is 1030 g/mol. The minimum absolute atomic E-state index is 0.589. The molecule has 0 N–H and O–H groups in total. The van der Waals surface area contributed by atoms with E-state index in [4.69, 9.17) is 27.5 Å². The third kappa shape index (κ3) is 9.60. The summed E-state index contributed by atoms with van der Waals surface area (Å²) in [5.74, 6) is 0.589. The van der Waals surface area contributed by atoms with Gasteiger partial charge in [-0.15, -0.1) is 68.0 Å². The van der Waals surface area contributed by atoms with E-state index in [1.54, 1.807) is 0 Å². The molecule has 0 aliphatic carbocycles. The van der Waals surface area contributed by atoms with E-state index in [9.17, 15) is 0 Å². The Kier molecular flexibility index (Phi) is 15.2. The molecular formula is C54H61N9S8. The van der Waals surface area contributed by atoms with Crippen molar-refractivity contribution in [1.29, 1.82) is 0 Å². The van der Waals surface area contributed by atoms with Gasteiger partial charge in [-0.05, 0) is 74.4 Å². The molecule has 0 aliphatic heterocycles. The average molecular weight is 1090 g/mol. The van der Waals surface area contributed by atoms with Gasteiger partial charge in [-0.3, -0.25) is 9.97 Å². The molecule has 0 radical (unpaired) electrons. The third-order valence-corrected chi connectivity index (χ3v) is 22.2. The van der Waals surface area contributed by atoms with E-state index in [0.717, 1.165) is 93.5 Å². The number of hydrogen-bond donors (Lipinski definition) is 0. The summed E-state index contributed by atoms with van der Waals surface area (Å²) in [6.07, 6.45) is 18.7. The lowest BCUT2D eigenvalue weighted by Gasteiger charge is -2.22. The van der Waals surface area contributed by atoms with Crippen LogP contribution in [0.4, 0.5) is 10.0 Å². The highest BCUT2D eigenvalue weighted by Gasteiger charge is 2.26. The Morgan fingerprint density at radius 2 is 0.887 bits per heavy atom. The van der Waals surface area contributed by atoms with Crippen LogP contribution in [0.15, 0.2) is 48.8 Å². The van der Waals surface area contributed by atoms with Gasteiger partial charge in [-0.1, -0.05) is 86.5 Å². The van der Waals surface area contributed by atoms with Crippen LogP contribution in [0.3, 0.4) is 0 Å². The molecule has 0 saturated heterocycles. The third-order valence-electron chi connectivity index (χ3n) is 13.9. The smallest absolute Gasteiger partial charge is 0.132 e. The van der Waals surface area contributed by atoms with E-state index >= 15 is 0 Å². The Morgan fingerprint density at radius 1 is 0.465 bits per heavy atom. The number of fused-ring (bicyclic) bond motifs is 7. The first-order chi connectivity index (χ1) is 34.9. The fourth-order valence-electron chi connectivity index (χ4n) is 9.77. The Hall–Kier alpha value is -3.94. The first-order valence-electron chi connectivity index (χ1n) is 25.8. The normalized spacial score (nSPS) is 12.7. The van der Waals surface area contributed by atoms with E-state index in [2.05, 4.69) is 105 Å². The summed E-state index contributed by atoms with van der Waals surface area (Å²) in [7, 11) is 0. The highest BCUT2D eigenvalue weighted by atomic mass is 32.1. The monoisotopic (exact) mass is 1090 g/mol. The van der Waals surface area contributed by atoms with Crippen LogP contribution < -0.4 is 9.80 Å². The predicted octanol–water partition coefficient (Wildman–Crippen LogP) is 19.0. The van der Waals surface area contributed by atoms with Crippen LogP contribution in [0, 0.1) is 5.92 Å². The molecule has 0 aliphatic rings. The summed E-state index contributed by atoms with van der Waals surface area (Å²) in [4.78, 5) is 20.3. The second kappa shape index (κ2) is 21.9. The first-order valence-corrected chi connectivity index (χ1v) is 32.1. The summed E-state index contributed by atoms with van der Waals surface area (Å²) < 4.78 is 30.3. The lowest BCUT2D eigenvalue weighted by Crippen LogP contribution is -2.24. The van der Waals surface area contributed by atoms with Crippen molar-refractivity contribution in [2.45, 2.75) is 125 Å². The summed E-state index contributed by atoms with van der Waals surface area (Å²) in [5, 5.41) is 2.77. The van der Waals surface area contributed by atoms with E-state index in [0.29, 0.717) is 5.92 Å². The number of nitrogens with zero attached hydrogens (tertiary/aromatic N) is 9. The maximum absolute atomic E-state index is 5.20. The van der Waals surface area contributed by atoms with Crippen molar-refractivity contribution < 1.29 is 0 Å². The molecule has 0 bridgehead atoms. The molecule has 71 heavy (non-hydrogen) atoms. The van der Waals surface area contributed by atoms with Gasteiger partial charge >= 0.3 is 0 Å². The van der Waals surface area contributed by atoms with E-state index in [1.165, 1.54) is 153 Å². The van der Waals surface area contributed by atoms with Crippen molar-refractivity contribution in [2.24, 2.45) is 5.92 Å². The van der Waals surface area contributed by atoms with Gasteiger partial charge < -0.3 is 14.4 Å². The zero-order valence-corrected chi connectivity index (χ0v) is 48.0. The Morgan fingerprint density at radius 3 is 1.30 bits per heavy atom. The fourth-order valence-corrected chi connectivity index (χ4v) is 18.3. The number of unbranched alkanes of at least 4 members (excludes halogenated alkanes) is 5. The molecule has 0 aromatic carbocycles. The molecule has 11 heterocycles. The van der Waals surface area contributed by atoms with E-state index < -0.39 is 0 Å².